The summed E-state index contributed by atoms with van der Waals surface area (Å²) in [5.74, 6) is 0.705. The largest absolute Gasteiger partial charge is 0.370 e. The van der Waals surface area contributed by atoms with E-state index in [4.69, 9.17) is 0 Å². The predicted octanol–water partition coefficient (Wildman–Crippen LogP) is 2.21. The first-order valence-electron chi connectivity index (χ1n) is 4.82. The minimum Gasteiger partial charge on any atom is -0.370 e. The molecule has 0 aliphatic carbocycles. The van der Waals surface area contributed by atoms with E-state index in [1.165, 1.54) is 4.90 Å². The number of hydrogen-bond donors (Lipinski definition) is 1. The Morgan fingerprint density at radius 2 is 2.27 bits per heavy atom. The summed E-state index contributed by atoms with van der Waals surface area (Å²) >= 11 is 0. The van der Waals surface area contributed by atoms with Crippen LogP contribution in [0.4, 0.5) is 20.3 Å². The van der Waals surface area contributed by atoms with E-state index >= 15 is 0 Å². The minimum atomic E-state index is -2.33. The summed E-state index contributed by atoms with van der Waals surface area (Å²) in [5, 5.41) is 3.03. The zero-order valence-electron chi connectivity index (χ0n) is 8.87. The van der Waals surface area contributed by atoms with E-state index in [1.807, 2.05) is 6.92 Å². The molecule has 1 rings (SSSR count). The lowest BCUT2D eigenvalue weighted by atomic mass is 10.3. The summed E-state index contributed by atoms with van der Waals surface area (Å²) in [5.41, 5.74) is 0.737. The van der Waals surface area contributed by atoms with Crippen LogP contribution >= 0.6 is 0 Å². The number of pyridine rings is 1. The molecule has 5 heteroatoms. The van der Waals surface area contributed by atoms with Crippen molar-refractivity contribution in [2.24, 2.45) is 0 Å². The van der Waals surface area contributed by atoms with Gasteiger partial charge >= 0.3 is 0 Å². The van der Waals surface area contributed by atoms with Gasteiger partial charge < -0.3 is 10.2 Å². The van der Waals surface area contributed by atoms with Crippen LogP contribution in [0.3, 0.4) is 0 Å². The molecule has 1 aromatic rings. The molecule has 0 aliphatic rings. The Bertz CT molecular complexity index is 304. The van der Waals surface area contributed by atoms with Gasteiger partial charge in [-0.05, 0) is 13.0 Å². The molecule has 0 saturated heterocycles. The van der Waals surface area contributed by atoms with Crippen LogP contribution in [0.1, 0.15) is 6.92 Å². The normalized spacial score (nSPS) is 10.5. The van der Waals surface area contributed by atoms with E-state index in [-0.39, 0.29) is 6.54 Å². The molecule has 0 bridgehead atoms. The van der Waals surface area contributed by atoms with E-state index < -0.39 is 6.43 Å². The first kappa shape index (κ1) is 11.7. The van der Waals surface area contributed by atoms with Gasteiger partial charge in [0.25, 0.3) is 6.43 Å². The van der Waals surface area contributed by atoms with Crippen LogP contribution in [0.25, 0.3) is 0 Å². The zero-order valence-corrected chi connectivity index (χ0v) is 8.87. The van der Waals surface area contributed by atoms with E-state index in [2.05, 4.69) is 10.3 Å². The number of nitrogens with zero attached hydrogens (tertiary/aromatic N) is 2. The van der Waals surface area contributed by atoms with Crippen LogP contribution in [0.15, 0.2) is 18.3 Å². The molecule has 0 radical (unpaired) electrons. The molecule has 1 aromatic heterocycles. The van der Waals surface area contributed by atoms with Gasteiger partial charge in [0.2, 0.25) is 0 Å². The Kier molecular flexibility index (Phi) is 4.27. The molecule has 0 fully saturated rings. The zero-order chi connectivity index (χ0) is 11.3. The van der Waals surface area contributed by atoms with E-state index in [9.17, 15) is 8.78 Å². The quantitative estimate of drug-likeness (QED) is 0.816. The molecule has 0 spiro atoms. The second kappa shape index (κ2) is 5.48. The standard InChI is InChI=1S/C10H15F2N3/c1-3-13-10-6-8(4-5-14-10)15(2)7-9(11)12/h4-6,9H,3,7H2,1-2H3,(H,13,14). The Morgan fingerprint density at radius 3 is 2.87 bits per heavy atom. The van der Waals surface area contributed by atoms with Gasteiger partial charge in [-0.15, -0.1) is 0 Å². The molecular weight excluding hydrogens is 200 g/mol. The highest BCUT2D eigenvalue weighted by Gasteiger charge is 2.08. The molecule has 0 aliphatic heterocycles. The third-order valence-electron chi connectivity index (χ3n) is 1.95. The third kappa shape index (κ3) is 3.69. The monoisotopic (exact) mass is 215 g/mol. The highest BCUT2D eigenvalue weighted by Crippen LogP contribution is 2.16. The predicted molar refractivity (Wildman–Crippen MR) is 57.7 cm³/mol. The van der Waals surface area contributed by atoms with E-state index in [0.29, 0.717) is 5.82 Å². The van der Waals surface area contributed by atoms with Crippen molar-refractivity contribution in [2.75, 3.05) is 30.4 Å². The lowest BCUT2D eigenvalue weighted by Crippen LogP contribution is -2.24. The Labute approximate surface area is 88.1 Å². The van der Waals surface area contributed by atoms with Crippen LogP contribution in [0.5, 0.6) is 0 Å². The topological polar surface area (TPSA) is 28.2 Å². The van der Waals surface area contributed by atoms with Crippen molar-refractivity contribution < 1.29 is 8.78 Å². The van der Waals surface area contributed by atoms with Crippen molar-refractivity contribution >= 4 is 11.5 Å². The number of rotatable bonds is 5. The van der Waals surface area contributed by atoms with Crippen LogP contribution < -0.4 is 10.2 Å². The molecule has 0 saturated carbocycles. The smallest absolute Gasteiger partial charge is 0.255 e. The van der Waals surface area contributed by atoms with Gasteiger partial charge in [-0.1, -0.05) is 0 Å². The van der Waals surface area contributed by atoms with Crippen molar-refractivity contribution in [1.29, 1.82) is 0 Å². The van der Waals surface area contributed by atoms with Crippen molar-refractivity contribution in [3.05, 3.63) is 18.3 Å². The summed E-state index contributed by atoms with van der Waals surface area (Å²) in [6.45, 7) is 2.45. The van der Waals surface area contributed by atoms with Crippen LogP contribution in [0.2, 0.25) is 0 Å². The first-order chi connectivity index (χ1) is 7.13. The molecule has 1 N–H and O–H groups in total. The van der Waals surface area contributed by atoms with E-state index in [1.54, 1.807) is 25.4 Å². The fraction of sp³-hybridized carbons (Fsp3) is 0.500. The Balaban J connectivity index is 2.71. The number of alkyl halides is 2. The summed E-state index contributed by atoms with van der Waals surface area (Å²) in [4.78, 5) is 5.57. The highest BCUT2D eigenvalue weighted by molar-refractivity contribution is 5.53. The third-order valence-corrected chi connectivity index (χ3v) is 1.95. The van der Waals surface area contributed by atoms with Gasteiger partial charge in [-0.3, -0.25) is 0 Å². The van der Waals surface area contributed by atoms with Gasteiger partial charge in [0.05, 0.1) is 6.54 Å². The summed E-state index contributed by atoms with van der Waals surface area (Å²) < 4.78 is 24.3. The maximum absolute atomic E-state index is 12.1. The maximum atomic E-state index is 12.1. The summed E-state index contributed by atoms with van der Waals surface area (Å²) in [7, 11) is 1.64. The van der Waals surface area contributed by atoms with Crippen LogP contribution in [-0.4, -0.2) is 31.5 Å². The molecule has 0 unspecified atom stereocenters. The highest BCUT2D eigenvalue weighted by atomic mass is 19.3. The minimum absolute atomic E-state index is 0.268. The molecule has 15 heavy (non-hydrogen) atoms. The lowest BCUT2D eigenvalue weighted by Gasteiger charge is -2.19. The Morgan fingerprint density at radius 1 is 1.53 bits per heavy atom. The van der Waals surface area contributed by atoms with Gasteiger partial charge in [-0.2, -0.15) is 0 Å². The maximum Gasteiger partial charge on any atom is 0.255 e. The van der Waals surface area contributed by atoms with Gasteiger partial charge in [0.15, 0.2) is 0 Å². The molecule has 3 nitrogen and oxygen atoms in total. The molecule has 0 atom stereocenters. The fourth-order valence-electron chi connectivity index (χ4n) is 1.25. The molecule has 0 amide bonds. The lowest BCUT2D eigenvalue weighted by molar-refractivity contribution is 0.156. The first-order valence-corrected chi connectivity index (χ1v) is 4.82. The number of halogens is 2. The summed E-state index contributed by atoms with van der Waals surface area (Å²) in [6, 6.07) is 3.47. The average Bonchev–Trinajstić information content (AvgIpc) is 2.17. The van der Waals surface area contributed by atoms with Crippen LogP contribution in [0, 0.1) is 0 Å². The number of nitrogens with one attached hydrogen (secondary N) is 1. The van der Waals surface area contributed by atoms with Crippen molar-refractivity contribution in [2.45, 2.75) is 13.3 Å². The SMILES string of the molecule is CCNc1cc(N(C)CC(F)F)ccn1. The van der Waals surface area contributed by atoms with Gasteiger partial charge in [0.1, 0.15) is 5.82 Å². The van der Waals surface area contributed by atoms with Crippen molar-refractivity contribution in [3.63, 3.8) is 0 Å². The average molecular weight is 215 g/mol. The van der Waals surface area contributed by atoms with Crippen molar-refractivity contribution in [1.82, 2.24) is 4.98 Å². The molecule has 0 aromatic carbocycles. The van der Waals surface area contributed by atoms with Crippen LogP contribution in [-0.2, 0) is 0 Å². The number of anilines is 2. The van der Waals surface area contributed by atoms with Crippen molar-refractivity contribution in [3.8, 4) is 0 Å². The van der Waals surface area contributed by atoms with E-state index in [0.717, 1.165) is 12.2 Å². The second-order valence-electron chi connectivity index (χ2n) is 3.20. The molecular formula is C10H15F2N3. The second-order valence-corrected chi connectivity index (χ2v) is 3.20. The Hall–Kier alpha value is -1.39. The number of hydrogen-bond acceptors (Lipinski definition) is 3. The molecule has 1 heterocycles. The van der Waals surface area contributed by atoms with Gasteiger partial charge in [-0.25, -0.2) is 13.8 Å². The fourth-order valence-corrected chi connectivity index (χ4v) is 1.25. The summed E-state index contributed by atoms with van der Waals surface area (Å²) in [6.07, 6.45) is -0.722. The number of aromatic nitrogens is 1. The molecule has 84 valence electrons. The van der Waals surface area contributed by atoms with Gasteiger partial charge in [0, 0.05) is 31.5 Å².